The molecule has 4 aromatic heterocycles. The minimum Gasteiger partial charge on any atom is -0.464 e. The van der Waals surface area contributed by atoms with Gasteiger partial charge in [-0.2, -0.15) is 18.3 Å². The fourth-order valence-electron chi connectivity index (χ4n) is 3.29. The number of aryl methyl sites for hydroxylation is 1. The quantitative estimate of drug-likeness (QED) is 0.456. The first kappa shape index (κ1) is 21.6. The topological polar surface area (TPSA) is 116 Å². The number of aromatic nitrogens is 3. The number of carbonyl (C=O) groups excluding carboxylic acids is 2. The third kappa shape index (κ3) is 3.73. The summed E-state index contributed by atoms with van der Waals surface area (Å²) in [5.74, 6) is -1.34. The number of primary amides is 1. The van der Waals surface area contributed by atoms with Crippen molar-refractivity contribution in [3.05, 3.63) is 53.0 Å². The maximum atomic E-state index is 13.5. The second kappa shape index (κ2) is 7.79. The molecular weight excluding hydrogens is 447 g/mol. The van der Waals surface area contributed by atoms with Gasteiger partial charge in [0, 0.05) is 22.8 Å². The van der Waals surface area contributed by atoms with E-state index in [2.05, 4.69) is 15.4 Å². The van der Waals surface area contributed by atoms with Crippen LogP contribution in [0, 0.1) is 6.92 Å². The first-order chi connectivity index (χ1) is 15.1. The molecule has 3 N–H and O–H groups in total. The molecule has 0 bridgehead atoms. The molecule has 0 saturated carbocycles. The molecule has 1 unspecified atom stereocenters. The van der Waals surface area contributed by atoms with Gasteiger partial charge in [-0.1, -0.05) is 0 Å². The highest BCUT2D eigenvalue weighted by Crippen LogP contribution is 2.43. The summed E-state index contributed by atoms with van der Waals surface area (Å²) in [4.78, 5) is 28.5. The minimum absolute atomic E-state index is 0.0215. The zero-order chi connectivity index (χ0) is 23.2. The lowest BCUT2D eigenvalue weighted by molar-refractivity contribution is -0.140. The lowest BCUT2D eigenvalue weighted by atomic mass is 10.1. The minimum atomic E-state index is -4.73. The number of furan rings is 1. The summed E-state index contributed by atoms with van der Waals surface area (Å²) in [5, 5.41) is 6.86. The van der Waals surface area contributed by atoms with Crippen molar-refractivity contribution in [2.24, 2.45) is 5.73 Å². The monoisotopic (exact) mass is 463 g/mol. The largest absolute Gasteiger partial charge is 0.464 e. The number of carbonyl (C=O) groups is 2. The van der Waals surface area contributed by atoms with Crippen LogP contribution in [0.1, 0.15) is 34.0 Å². The van der Waals surface area contributed by atoms with Gasteiger partial charge < -0.3 is 15.5 Å². The van der Waals surface area contributed by atoms with E-state index in [4.69, 9.17) is 10.2 Å². The summed E-state index contributed by atoms with van der Waals surface area (Å²) in [6.45, 7) is 3.37. The molecule has 0 aliphatic carbocycles. The highest BCUT2D eigenvalue weighted by atomic mass is 32.1. The summed E-state index contributed by atoms with van der Waals surface area (Å²) in [6.07, 6.45) is -1.90. The van der Waals surface area contributed by atoms with Gasteiger partial charge in [0.1, 0.15) is 27.2 Å². The molecule has 12 heteroatoms. The summed E-state index contributed by atoms with van der Waals surface area (Å²) in [6, 6.07) is 4.75. The fraction of sp³-hybridized carbons (Fsp3) is 0.200. The Kier molecular flexibility index (Phi) is 5.25. The van der Waals surface area contributed by atoms with Gasteiger partial charge in [-0.3, -0.25) is 14.3 Å². The zero-order valence-corrected chi connectivity index (χ0v) is 17.5. The number of alkyl halides is 3. The van der Waals surface area contributed by atoms with Gasteiger partial charge in [-0.15, -0.1) is 11.3 Å². The zero-order valence-electron chi connectivity index (χ0n) is 16.7. The molecule has 2 amide bonds. The van der Waals surface area contributed by atoms with Crippen molar-refractivity contribution in [2.45, 2.75) is 26.1 Å². The summed E-state index contributed by atoms with van der Waals surface area (Å²) in [5.41, 5.74) is 5.04. The van der Waals surface area contributed by atoms with Gasteiger partial charge in [0.15, 0.2) is 0 Å². The molecular formula is C20H16F3N5O3S. The van der Waals surface area contributed by atoms with Crippen LogP contribution in [0.4, 0.5) is 18.9 Å². The van der Waals surface area contributed by atoms with Crippen LogP contribution in [0.15, 0.2) is 41.1 Å². The van der Waals surface area contributed by atoms with E-state index >= 15 is 0 Å². The second-order valence-corrected chi connectivity index (χ2v) is 7.96. The molecule has 0 fully saturated rings. The molecule has 1 atom stereocenters. The van der Waals surface area contributed by atoms with Crippen molar-refractivity contribution in [2.75, 3.05) is 5.32 Å². The Bertz CT molecular complexity index is 1320. The number of hydrogen-bond acceptors (Lipinski definition) is 6. The number of amides is 2. The third-order valence-corrected chi connectivity index (χ3v) is 5.92. The lowest BCUT2D eigenvalue weighted by Gasteiger charge is -2.15. The molecule has 0 aromatic carbocycles. The Balaban J connectivity index is 1.91. The highest BCUT2D eigenvalue weighted by molar-refractivity contribution is 7.21. The highest BCUT2D eigenvalue weighted by Gasteiger charge is 2.35. The van der Waals surface area contributed by atoms with Crippen LogP contribution in [0.5, 0.6) is 0 Å². The van der Waals surface area contributed by atoms with Crippen molar-refractivity contribution in [3.63, 3.8) is 0 Å². The number of anilines is 1. The van der Waals surface area contributed by atoms with Crippen LogP contribution in [-0.4, -0.2) is 26.6 Å². The van der Waals surface area contributed by atoms with E-state index in [1.807, 2.05) is 0 Å². The molecule has 0 radical (unpaired) electrons. The average Bonchev–Trinajstić information content (AvgIpc) is 3.46. The number of nitrogens with zero attached hydrogens (tertiary/aromatic N) is 3. The van der Waals surface area contributed by atoms with Crippen molar-refractivity contribution < 1.29 is 27.2 Å². The SMILES string of the molecule is Cc1ccnn1C(C)C(=O)Nc1c(C(N)=O)sc2nc(C(F)(F)F)cc(-c3ccco3)c12. The normalized spacial score (nSPS) is 12.8. The number of halogens is 3. The Morgan fingerprint density at radius 2 is 2.06 bits per heavy atom. The number of thiophene rings is 1. The van der Waals surface area contributed by atoms with E-state index in [0.717, 1.165) is 11.8 Å². The van der Waals surface area contributed by atoms with Gasteiger partial charge in [-0.05, 0) is 38.1 Å². The van der Waals surface area contributed by atoms with Crippen LogP contribution < -0.4 is 11.1 Å². The summed E-state index contributed by atoms with van der Waals surface area (Å²) in [7, 11) is 0. The molecule has 0 spiro atoms. The summed E-state index contributed by atoms with van der Waals surface area (Å²) >= 11 is 0.664. The second-order valence-electron chi connectivity index (χ2n) is 6.96. The number of nitrogens with one attached hydrogen (secondary N) is 1. The maximum Gasteiger partial charge on any atom is 0.433 e. The Morgan fingerprint density at radius 1 is 1.31 bits per heavy atom. The fourth-order valence-corrected chi connectivity index (χ4v) is 4.29. The Labute approximate surface area is 182 Å². The molecule has 0 aliphatic heterocycles. The predicted molar refractivity (Wildman–Crippen MR) is 111 cm³/mol. The number of pyridine rings is 1. The van der Waals surface area contributed by atoms with Crippen molar-refractivity contribution in [1.29, 1.82) is 0 Å². The van der Waals surface area contributed by atoms with Crippen molar-refractivity contribution >= 4 is 39.1 Å². The van der Waals surface area contributed by atoms with Gasteiger partial charge in [-0.25, -0.2) is 4.98 Å². The van der Waals surface area contributed by atoms with E-state index < -0.39 is 29.7 Å². The molecule has 166 valence electrons. The molecule has 32 heavy (non-hydrogen) atoms. The molecule has 4 heterocycles. The molecule has 0 saturated heterocycles. The van der Waals surface area contributed by atoms with Crippen LogP contribution in [0.3, 0.4) is 0 Å². The average molecular weight is 463 g/mol. The van der Waals surface area contributed by atoms with Crippen molar-refractivity contribution in [3.8, 4) is 11.3 Å². The Morgan fingerprint density at radius 3 is 2.62 bits per heavy atom. The van der Waals surface area contributed by atoms with Gasteiger partial charge in [0.05, 0.1) is 12.0 Å². The summed E-state index contributed by atoms with van der Waals surface area (Å²) < 4.78 is 47.2. The van der Waals surface area contributed by atoms with Crippen LogP contribution in [0.2, 0.25) is 0 Å². The number of rotatable bonds is 5. The van der Waals surface area contributed by atoms with Crippen LogP contribution in [0.25, 0.3) is 21.5 Å². The van der Waals surface area contributed by atoms with E-state index in [9.17, 15) is 22.8 Å². The first-order valence-electron chi connectivity index (χ1n) is 9.27. The van der Waals surface area contributed by atoms with Gasteiger partial charge in [0.2, 0.25) is 5.91 Å². The predicted octanol–water partition coefficient (Wildman–Crippen LogP) is 4.38. The van der Waals surface area contributed by atoms with E-state index in [1.54, 1.807) is 19.9 Å². The van der Waals surface area contributed by atoms with Gasteiger partial charge in [0.25, 0.3) is 5.91 Å². The third-order valence-electron chi connectivity index (χ3n) is 4.83. The van der Waals surface area contributed by atoms with Gasteiger partial charge >= 0.3 is 6.18 Å². The van der Waals surface area contributed by atoms with E-state index in [-0.39, 0.29) is 32.1 Å². The lowest BCUT2D eigenvalue weighted by Crippen LogP contribution is -2.26. The number of fused-ring (bicyclic) bond motifs is 1. The molecule has 4 aromatic rings. The first-order valence-corrected chi connectivity index (χ1v) is 10.1. The number of nitrogens with two attached hydrogens (primary N) is 1. The Hall–Kier alpha value is -3.67. The van der Waals surface area contributed by atoms with Crippen LogP contribution in [-0.2, 0) is 11.0 Å². The van der Waals surface area contributed by atoms with Crippen molar-refractivity contribution in [1.82, 2.24) is 14.8 Å². The van der Waals surface area contributed by atoms with E-state index in [1.165, 1.54) is 29.3 Å². The standard InChI is InChI=1S/C20H16F3N5O3S/c1-9-5-6-25-28(9)10(2)18(30)27-15-14-11(12-4-3-7-31-12)8-13(20(21,22)23)26-19(14)32-16(15)17(24)29/h3-8,10H,1-2H3,(H2,24,29)(H,27,30). The molecule has 8 nitrogen and oxygen atoms in total. The van der Waals surface area contributed by atoms with E-state index in [0.29, 0.717) is 11.3 Å². The smallest absolute Gasteiger partial charge is 0.433 e. The molecule has 4 rings (SSSR count). The van der Waals surface area contributed by atoms with Crippen LogP contribution >= 0.6 is 11.3 Å². The maximum absolute atomic E-state index is 13.5. The number of hydrogen-bond donors (Lipinski definition) is 2. The molecule has 0 aliphatic rings.